The maximum absolute atomic E-state index is 11.5. The Bertz CT molecular complexity index is 254. The fourth-order valence-corrected chi connectivity index (χ4v) is 1.35. The van der Waals surface area contributed by atoms with Crippen molar-refractivity contribution in [2.24, 2.45) is 11.8 Å². The van der Waals surface area contributed by atoms with Crippen LogP contribution in [0.15, 0.2) is 0 Å². The topological polar surface area (TPSA) is 78.4 Å². The molecule has 0 aliphatic heterocycles. The first-order valence-electron chi connectivity index (χ1n) is 6.15. The Morgan fingerprint density at radius 3 is 2.24 bits per heavy atom. The highest BCUT2D eigenvalue weighted by Gasteiger charge is 2.24. The average Bonchev–Trinajstić information content (AvgIpc) is 2.24. The standard InChI is InChI=1S/C12H24N2O3/c1-5-9(4)10(11(15)16)14-12(17)13-7-6-8(2)3/h8-10H,5-7H2,1-4H3,(H,15,16)(H2,13,14,17). The van der Waals surface area contributed by atoms with Crippen LogP contribution in [-0.2, 0) is 4.79 Å². The van der Waals surface area contributed by atoms with Gasteiger partial charge in [0.25, 0.3) is 0 Å². The number of carboxylic acids is 1. The molecular weight excluding hydrogens is 220 g/mol. The minimum Gasteiger partial charge on any atom is -0.480 e. The maximum Gasteiger partial charge on any atom is 0.326 e. The predicted octanol–water partition coefficient (Wildman–Crippen LogP) is 1.83. The van der Waals surface area contributed by atoms with Crippen LogP contribution in [0.2, 0.25) is 0 Å². The van der Waals surface area contributed by atoms with E-state index in [4.69, 9.17) is 5.11 Å². The van der Waals surface area contributed by atoms with Gasteiger partial charge in [0.05, 0.1) is 0 Å². The summed E-state index contributed by atoms with van der Waals surface area (Å²) in [6.07, 6.45) is 1.59. The van der Waals surface area contributed by atoms with E-state index < -0.39 is 18.0 Å². The summed E-state index contributed by atoms with van der Waals surface area (Å²) >= 11 is 0. The molecule has 0 radical (unpaired) electrons. The van der Waals surface area contributed by atoms with Gasteiger partial charge in [-0.25, -0.2) is 9.59 Å². The first kappa shape index (κ1) is 15.7. The van der Waals surface area contributed by atoms with Gasteiger partial charge in [0.1, 0.15) is 6.04 Å². The van der Waals surface area contributed by atoms with E-state index >= 15 is 0 Å². The van der Waals surface area contributed by atoms with Gasteiger partial charge in [0.2, 0.25) is 0 Å². The number of nitrogens with one attached hydrogen (secondary N) is 2. The zero-order valence-electron chi connectivity index (χ0n) is 11.1. The van der Waals surface area contributed by atoms with Gasteiger partial charge in [-0.05, 0) is 18.3 Å². The van der Waals surface area contributed by atoms with Crippen molar-refractivity contribution in [2.75, 3.05) is 6.54 Å². The fourth-order valence-electron chi connectivity index (χ4n) is 1.35. The molecule has 0 saturated carbocycles. The van der Waals surface area contributed by atoms with Crippen LogP contribution in [0.25, 0.3) is 0 Å². The molecule has 3 N–H and O–H groups in total. The average molecular weight is 244 g/mol. The minimum atomic E-state index is -0.988. The Hall–Kier alpha value is -1.26. The molecule has 0 saturated heterocycles. The van der Waals surface area contributed by atoms with Crippen molar-refractivity contribution in [3.8, 4) is 0 Å². The summed E-state index contributed by atoms with van der Waals surface area (Å²) in [5.74, 6) is -0.554. The third-order valence-electron chi connectivity index (χ3n) is 2.77. The SMILES string of the molecule is CCC(C)C(NC(=O)NCCC(C)C)C(=O)O. The van der Waals surface area contributed by atoms with Gasteiger partial charge in [-0.2, -0.15) is 0 Å². The highest BCUT2D eigenvalue weighted by molar-refractivity contribution is 5.82. The summed E-state index contributed by atoms with van der Waals surface area (Å²) in [5.41, 5.74) is 0. The Morgan fingerprint density at radius 1 is 1.24 bits per heavy atom. The maximum atomic E-state index is 11.5. The van der Waals surface area contributed by atoms with Crippen molar-refractivity contribution < 1.29 is 14.7 Å². The van der Waals surface area contributed by atoms with E-state index in [0.29, 0.717) is 18.9 Å². The molecule has 0 aromatic rings. The lowest BCUT2D eigenvalue weighted by Crippen LogP contribution is -2.49. The zero-order chi connectivity index (χ0) is 13.4. The molecule has 0 rings (SSSR count). The molecular formula is C12H24N2O3. The van der Waals surface area contributed by atoms with Crippen molar-refractivity contribution in [2.45, 2.75) is 46.6 Å². The second kappa shape index (κ2) is 7.92. The summed E-state index contributed by atoms with van der Waals surface area (Å²) in [7, 11) is 0. The van der Waals surface area contributed by atoms with E-state index in [1.807, 2.05) is 13.8 Å². The van der Waals surface area contributed by atoms with Crippen LogP contribution in [0.1, 0.15) is 40.5 Å². The fraction of sp³-hybridized carbons (Fsp3) is 0.833. The molecule has 0 aliphatic carbocycles. The van der Waals surface area contributed by atoms with E-state index in [9.17, 15) is 9.59 Å². The molecule has 5 heteroatoms. The summed E-state index contributed by atoms with van der Waals surface area (Å²) < 4.78 is 0. The molecule has 5 nitrogen and oxygen atoms in total. The Morgan fingerprint density at radius 2 is 1.82 bits per heavy atom. The predicted molar refractivity (Wildman–Crippen MR) is 66.9 cm³/mol. The van der Waals surface area contributed by atoms with Gasteiger partial charge in [-0.3, -0.25) is 0 Å². The minimum absolute atomic E-state index is 0.0802. The van der Waals surface area contributed by atoms with Crippen LogP contribution in [0, 0.1) is 11.8 Å². The number of carbonyl (C=O) groups excluding carboxylic acids is 1. The molecule has 0 aliphatic rings. The molecule has 17 heavy (non-hydrogen) atoms. The molecule has 2 unspecified atom stereocenters. The third-order valence-corrected chi connectivity index (χ3v) is 2.77. The number of aliphatic carboxylic acids is 1. The molecule has 2 atom stereocenters. The van der Waals surface area contributed by atoms with Crippen LogP contribution >= 0.6 is 0 Å². The van der Waals surface area contributed by atoms with Crippen LogP contribution < -0.4 is 10.6 Å². The van der Waals surface area contributed by atoms with Gasteiger partial charge in [0, 0.05) is 6.54 Å². The molecule has 0 spiro atoms. The lowest BCUT2D eigenvalue weighted by molar-refractivity contribution is -0.140. The highest BCUT2D eigenvalue weighted by atomic mass is 16.4. The second-order valence-corrected chi connectivity index (χ2v) is 4.78. The van der Waals surface area contributed by atoms with Crippen molar-refractivity contribution in [1.82, 2.24) is 10.6 Å². The van der Waals surface area contributed by atoms with Gasteiger partial charge < -0.3 is 15.7 Å². The number of rotatable bonds is 7. The van der Waals surface area contributed by atoms with Gasteiger partial charge >= 0.3 is 12.0 Å². The highest BCUT2D eigenvalue weighted by Crippen LogP contribution is 2.07. The summed E-state index contributed by atoms with van der Waals surface area (Å²) in [6.45, 7) is 8.42. The van der Waals surface area contributed by atoms with Gasteiger partial charge in [-0.15, -0.1) is 0 Å². The summed E-state index contributed by atoms with van der Waals surface area (Å²) in [4.78, 5) is 22.4. The lowest BCUT2D eigenvalue weighted by atomic mass is 9.99. The quantitative estimate of drug-likeness (QED) is 0.639. The summed E-state index contributed by atoms with van der Waals surface area (Å²) in [6, 6.07) is -1.22. The van der Waals surface area contributed by atoms with Gasteiger partial charge in [-0.1, -0.05) is 34.1 Å². The molecule has 0 aromatic heterocycles. The molecule has 2 amide bonds. The van der Waals surface area contributed by atoms with E-state index in [0.717, 1.165) is 6.42 Å². The van der Waals surface area contributed by atoms with E-state index in [2.05, 4.69) is 24.5 Å². The van der Waals surface area contributed by atoms with Crippen LogP contribution in [0.3, 0.4) is 0 Å². The summed E-state index contributed by atoms with van der Waals surface area (Å²) in [5, 5.41) is 14.2. The van der Waals surface area contributed by atoms with E-state index in [-0.39, 0.29) is 5.92 Å². The van der Waals surface area contributed by atoms with Crippen molar-refractivity contribution in [3.63, 3.8) is 0 Å². The first-order valence-corrected chi connectivity index (χ1v) is 6.15. The van der Waals surface area contributed by atoms with Crippen LogP contribution in [-0.4, -0.2) is 29.7 Å². The number of urea groups is 1. The molecule has 0 fully saturated rings. The smallest absolute Gasteiger partial charge is 0.326 e. The lowest BCUT2D eigenvalue weighted by Gasteiger charge is -2.20. The second-order valence-electron chi connectivity index (χ2n) is 4.78. The van der Waals surface area contributed by atoms with Crippen LogP contribution in [0.4, 0.5) is 4.79 Å². The Kier molecular flexibility index (Phi) is 7.34. The monoisotopic (exact) mass is 244 g/mol. The van der Waals surface area contributed by atoms with E-state index in [1.54, 1.807) is 0 Å². The number of hydrogen-bond donors (Lipinski definition) is 3. The Balaban J connectivity index is 4.09. The third kappa shape index (κ3) is 6.81. The van der Waals surface area contributed by atoms with Crippen molar-refractivity contribution in [3.05, 3.63) is 0 Å². The first-order chi connectivity index (χ1) is 7.88. The van der Waals surface area contributed by atoms with Gasteiger partial charge in [0.15, 0.2) is 0 Å². The molecule has 0 bridgehead atoms. The van der Waals surface area contributed by atoms with Crippen LogP contribution in [0.5, 0.6) is 0 Å². The Labute approximate surface area is 103 Å². The largest absolute Gasteiger partial charge is 0.480 e. The van der Waals surface area contributed by atoms with Crippen molar-refractivity contribution >= 4 is 12.0 Å². The zero-order valence-corrected chi connectivity index (χ0v) is 11.1. The van der Waals surface area contributed by atoms with E-state index in [1.165, 1.54) is 0 Å². The molecule has 0 heterocycles. The number of carboxylic acid groups (broad SMARTS) is 1. The number of carbonyl (C=O) groups is 2. The molecule has 0 aromatic carbocycles. The number of amides is 2. The normalized spacial score (nSPS) is 14.2. The number of hydrogen-bond acceptors (Lipinski definition) is 2. The molecule has 100 valence electrons. The van der Waals surface area contributed by atoms with Crippen molar-refractivity contribution in [1.29, 1.82) is 0 Å².